The van der Waals surface area contributed by atoms with Crippen LogP contribution in [0.1, 0.15) is 21.8 Å². The Morgan fingerprint density at radius 2 is 1.75 bits per heavy atom. The van der Waals surface area contributed by atoms with Gasteiger partial charge in [0.25, 0.3) is 5.91 Å². The highest BCUT2D eigenvalue weighted by Crippen LogP contribution is 2.26. The fourth-order valence-electron chi connectivity index (χ4n) is 1.88. The molecule has 20 heavy (non-hydrogen) atoms. The molecule has 2 rings (SSSR count). The Balaban J connectivity index is 2.28. The summed E-state index contributed by atoms with van der Waals surface area (Å²) in [6.45, 7) is 3.42. The van der Waals surface area contributed by atoms with Crippen LogP contribution >= 0.6 is 0 Å². The van der Waals surface area contributed by atoms with Crippen molar-refractivity contribution in [1.82, 2.24) is 5.16 Å². The van der Waals surface area contributed by atoms with Gasteiger partial charge in [-0.25, -0.2) is 0 Å². The molecule has 0 unspecified atom stereocenters. The number of nitrogens with one attached hydrogen (secondary N) is 1. The topological polar surface area (TPSA) is 73.6 Å². The van der Waals surface area contributed by atoms with Crippen LogP contribution in [-0.4, -0.2) is 25.3 Å². The van der Waals surface area contributed by atoms with Gasteiger partial charge in [-0.3, -0.25) is 4.79 Å². The van der Waals surface area contributed by atoms with E-state index < -0.39 is 0 Å². The molecule has 2 aromatic rings. The molecule has 0 fully saturated rings. The predicted molar refractivity (Wildman–Crippen MR) is 73.5 cm³/mol. The van der Waals surface area contributed by atoms with Crippen LogP contribution in [0.15, 0.2) is 22.7 Å². The highest BCUT2D eigenvalue weighted by Gasteiger charge is 2.18. The molecule has 1 N–H and O–H groups in total. The molecule has 0 aliphatic carbocycles. The van der Waals surface area contributed by atoms with Crippen molar-refractivity contribution in [2.75, 3.05) is 19.5 Å². The molecule has 1 heterocycles. The molecule has 0 spiro atoms. The van der Waals surface area contributed by atoms with Crippen LogP contribution in [0.2, 0.25) is 0 Å². The summed E-state index contributed by atoms with van der Waals surface area (Å²) in [5, 5.41) is 6.54. The third-order valence-corrected chi connectivity index (χ3v) is 2.87. The normalized spacial score (nSPS) is 10.2. The quantitative estimate of drug-likeness (QED) is 0.929. The monoisotopic (exact) mass is 276 g/mol. The van der Waals surface area contributed by atoms with Crippen molar-refractivity contribution < 1.29 is 18.8 Å². The van der Waals surface area contributed by atoms with Crippen molar-refractivity contribution in [3.8, 4) is 11.5 Å². The molecule has 0 atom stereocenters. The number of anilines is 1. The molecule has 6 nitrogen and oxygen atoms in total. The molecule has 1 aromatic carbocycles. The standard InChI is InChI=1S/C14H16N2O4/c1-8-13(9(2)20-16-8)14(17)15-10-5-11(18-3)7-12(6-10)19-4/h5-7H,1-4H3,(H,15,17). The maximum atomic E-state index is 12.2. The Morgan fingerprint density at radius 1 is 1.15 bits per heavy atom. The summed E-state index contributed by atoms with van der Waals surface area (Å²) in [6, 6.07) is 5.14. The average Bonchev–Trinajstić information content (AvgIpc) is 2.77. The van der Waals surface area contributed by atoms with Crippen LogP contribution in [0.3, 0.4) is 0 Å². The summed E-state index contributed by atoms with van der Waals surface area (Å²) in [5.74, 6) is 1.39. The average molecular weight is 276 g/mol. The summed E-state index contributed by atoms with van der Waals surface area (Å²) in [6.07, 6.45) is 0. The lowest BCUT2D eigenvalue weighted by molar-refractivity contribution is 0.102. The van der Waals surface area contributed by atoms with E-state index in [0.717, 1.165) is 0 Å². The van der Waals surface area contributed by atoms with Crippen molar-refractivity contribution >= 4 is 11.6 Å². The molecule has 1 aromatic heterocycles. The zero-order valence-corrected chi connectivity index (χ0v) is 11.8. The highest BCUT2D eigenvalue weighted by molar-refractivity contribution is 6.05. The van der Waals surface area contributed by atoms with E-state index in [9.17, 15) is 4.79 Å². The van der Waals surface area contributed by atoms with Gasteiger partial charge in [-0.2, -0.15) is 0 Å². The largest absolute Gasteiger partial charge is 0.497 e. The lowest BCUT2D eigenvalue weighted by Gasteiger charge is -2.09. The van der Waals surface area contributed by atoms with Crippen molar-refractivity contribution in [2.24, 2.45) is 0 Å². The minimum atomic E-state index is -0.281. The lowest BCUT2D eigenvalue weighted by atomic mass is 10.2. The van der Waals surface area contributed by atoms with Gasteiger partial charge in [-0.05, 0) is 13.8 Å². The van der Waals surface area contributed by atoms with Crippen LogP contribution in [0.25, 0.3) is 0 Å². The van der Waals surface area contributed by atoms with Crippen LogP contribution in [0.4, 0.5) is 5.69 Å². The van der Waals surface area contributed by atoms with E-state index in [-0.39, 0.29) is 5.91 Å². The van der Waals surface area contributed by atoms with Gasteiger partial charge in [-0.15, -0.1) is 0 Å². The van der Waals surface area contributed by atoms with Crippen molar-refractivity contribution in [3.05, 3.63) is 35.2 Å². The molecule has 1 amide bonds. The molecule has 0 saturated carbocycles. The first-order valence-electron chi connectivity index (χ1n) is 6.02. The van der Waals surface area contributed by atoms with Crippen LogP contribution in [0.5, 0.6) is 11.5 Å². The number of benzene rings is 1. The van der Waals surface area contributed by atoms with Gasteiger partial charge in [-0.1, -0.05) is 5.16 Å². The number of hydrogen-bond acceptors (Lipinski definition) is 5. The first kappa shape index (κ1) is 13.9. The SMILES string of the molecule is COc1cc(NC(=O)c2c(C)noc2C)cc(OC)c1. The maximum Gasteiger partial charge on any atom is 0.261 e. The Hall–Kier alpha value is -2.50. The summed E-state index contributed by atoms with van der Waals surface area (Å²) >= 11 is 0. The maximum absolute atomic E-state index is 12.2. The van der Waals surface area contributed by atoms with Gasteiger partial charge in [0.05, 0.1) is 19.9 Å². The molecule has 0 aliphatic rings. The summed E-state index contributed by atoms with van der Waals surface area (Å²) < 4.78 is 15.3. The van der Waals surface area contributed by atoms with Crippen molar-refractivity contribution in [2.45, 2.75) is 13.8 Å². The third-order valence-electron chi connectivity index (χ3n) is 2.87. The number of carbonyl (C=O) groups is 1. The number of ether oxygens (including phenoxy) is 2. The van der Waals surface area contributed by atoms with E-state index in [2.05, 4.69) is 10.5 Å². The Morgan fingerprint density at radius 3 is 2.20 bits per heavy atom. The fraction of sp³-hybridized carbons (Fsp3) is 0.286. The van der Waals surface area contributed by atoms with Gasteiger partial charge in [0, 0.05) is 23.9 Å². The molecule has 0 saturated heterocycles. The Labute approximate surface area is 116 Å². The number of hydrogen-bond donors (Lipinski definition) is 1. The summed E-state index contributed by atoms with van der Waals surface area (Å²) in [4.78, 5) is 12.2. The van der Waals surface area contributed by atoms with Crippen LogP contribution in [-0.2, 0) is 0 Å². The lowest BCUT2D eigenvalue weighted by Crippen LogP contribution is -2.13. The third kappa shape index (κ3) is 2.74. The van der Waals surface area contributed by atoms with E-state index in [1.165, 1.54) is 0 Å². The number of carbonyl (C=O) groups excluding carboxylic acids is 1. The number of rotatable bonds is 4. The fourth-order valence-corrected chi connectivity index (χ4v) is 1.88. The molecular weight excluding hydrogens is 260 g/mol. The first-order valence-corrected chi connectivity index (χ1v) is 6.02. The number of aromatic nitrogens is 1. The van der Waals surface area contributed by atoms with E-state index in [0.29, 0.717) is 34.2 Å². The summed E-state index contributed by atoms with van der Waals surface area (Å²) in [5.41, 5.74) is 1.56. The number of methoxy groups -OCH3 is 2. The van der Waals surface area contributed by atoms with E-state index >= 15 is 0 Å². The van der Waals surface area contributed by atoms with Gasteiger partial charge < -0.3 is 19.3 Å². The van der Waals surface area contributed by atoms with Gasteiger partial charge in [0.1, 0.15) is 22.8 Å². The molecule has 0 bridgehead atoms. The molecule has 0 aliphatic heterocycles. The smallest absolute Gasteiger partial charge is 0.261 e. The second-order valence-corrected chi connectivity index (χ2v) is 4.25. The van der Waals surface area contributed by atoms with E-state index in [1.807, 2.05) is 0 Å². The van der Waals surface area contributed by atoms with E-state index in [4.69, 9.17) is 14.0 Å². The zero-order valence-electron chi connectivity index (χ0n) is 11.8. The zero-order chi connectivity index (χ0) is 14.7. The second-order valence-electron chi connectivity index (χ2n) is 4.25. The predicted octanol–water partition coefficient (Wildman–Crippen LogP) is 2.56. The molecule has 0 radical (unpaired) electrons. The number of amides is 1. The van der Waals surface area contributed by atoms with Crippen molar-refractivity contribution in [1.29, 1.82) is 0 Å². The van der Waals surface area contributed by atoms with E-state index in [1.54, 1.807) is 46.3 Å². The second kappa shape index (κ2) is 5.64. The number of aryl methyl sites for hydroxylation is 2. The van der Waals surface area contributed by atoms with Crippen LogP contribution in [0, 0.1) is 13.8 Å². The highest BCUT2D eigenvalue weighted by atomic mass is 16.5. The molecule has 106 valence electrons. The first-order chi connectivity index (χ1) is 9.55. The Bertz CT molecular complexity index is 592. The molecular formula is C14H16N2O4. The van der Waals surface area contributed by atoms with Crippen LogP contribution < -0.4 is 14.8 Å². The minimum absolute atomic E-state index is 0.281. The summed E-state index contributed by atoms with van der Waals surface area (Å²) in [7, 11) is 3.10. The van der Waals surface area contributed by atoms with Crippen molar-refractivity contribution in [3.63, 3.8) is 0 Å². The molecule has 6 heteroatoms. The van der Waals surface area contributed by atoms with Gasteiger partial charge >= 0.3 is 0 Å². The van der Waals surface area contributed by atoms with Gasteiger partial charge in [0.2, 0.25) is 0 Å². The Kier molecular flexibility index (Phi) is 3.93. The number of nitrogens with zero attached hydrogens (tertiary/aromatic N) is 1. The van der Waals surface area contributed by atoms with Gasteiger partial charge in [0.15, 0.2) is 0 Å². The minimum Gasteiger partial charge on any atom is -0.497 e.